The molecule has 0 amide bonds. The summed E-state index contributed by atoms with van der Waals surface area (Å²) in [6.45, 7) is 0.547. The van der Waals surface area contributed by atoms with E-state index >= 15 is 0 Å². The minimum atomic E-state index is -0.172. The summed E-state index contributed by atoms with van der Waals surface area (Å²) in [5.74, 6) is 0. The molecule has 0 aliphatic heterocycles. The van der Waals surface area contributed by atoms with Crippen molar-refractivity contribution in [2.75, 3.05) is 17.7 Å². The van der Waals surface area contributed by atoms with Gasteiger partial charge in [0.15, 0.2) is 5.13 Å². The molecule has 0 fully saturated rings. The summed E-state index contributed by atoms with van der Waals surface area (Å²) in [7, 11) is 3.44. The van der Waals surface area contributed by atoms with Crippen LogP contribution in [0.3, 0.4) is 0 Å². The highest BCUT2D eigenvalue weighted by Gasteiger charge is 2.07. The Morgan fingerprint density at radius 3 is 3.00 bits per heavy atom. The highest BCUT2D eigenvalue weighted by Crippen LogP contribution is 2.19. The van der Waals surface area contributed by atoms with Crippen LogP contribution in [0.5, 0.6) is 0 Å². The molecule has 2 rings (SSSR count). The molecule has 0 spiro atoms. The third-order valence-corrected chi connectivity index (χ3v) is 3.98. The number of hydrogen-bond acceptors (Lipinski definition) is 6. The van der Waals surface area contributed by atoms with Gasteiger partial charge in [-0.05, 0) is 15.9 Å². The van der Waals surface area contributed by atoms with Crippen molar-refractivity contribution in [3.05, 3.63) is 32.1 Å². The fraction of sp³-hybridized carbons (Fsp3) is 0.300. The lowest BCUT2D eigenvalue weighted by Gasteiger charge is -2.06. The fourth-order valence-corrected chi connectivity index (χ4v) is 2.49. The molecule has 2 aromatic heterocycles. The summed E-state index contributed by atoms with van der Waals surface area (Å²) in [6, 6.07) is 0. The molecule has 0 aromatic carbocycles. The first-order valence-corrected chi connectivity index (χ1v) is 6.87. The first-order chi connectivity index (χ1) is 8.61. The van der Waals surface area contributed by atoms with Gasteiger partial charge >= 0.3 is 0 Å². The van der Waals surface area contributed by atoms with Crippen LogP contribution >= 0.6 is 27.3 Å². The molecule has 6 nitrogen and oxygen atoms in total. The Hall–Kier alpha value is -1.41. The predicted molar refractivity (Wildman–Crippen MR) is 76.2 cm³/mol. The number of halogens is 1. The molecule has 8 heteroatoms. The second-order valence-electron chi connectivity index (χ2n) is 3.55. The number of nitrogens with one attached hydrogen (secondary N) is 2. The third kappa shape index (κ3) is 2.70. The smallest absolute Gasteiger partial charge is 0.282 e. The summed E-state index contributed by atoms with van der Waals surface area (Å²) >= 11 is 4.80. The number of aryl methyl sites for hydroxylation is 1. The molecule has 2 aromatic rings. The zero-order valence-corrected chi connectivity index (χ0v) is 12.3. The van der Waals surface area contributed by atoms with Gasteiger partial charge in [0, 0.05) is 19.5 Å². The highest BCUT2D eigenvalue weighted by molar-refractivity contribution is 9.10. The first-order valence-electron chi connectivity index (χ1n) is 5.19. The molecule has 2 N–H and O–H groups in total. The van der Waals surface area contributed by atoms with E-state index in [0.29, 0.717) is 16.7 Å². The van der Waals surface area contributed by atoms with E-state index in [1.807, 2.05) is 12.4 Å². The van der Waals surface area contributed by atoms with Crippen LogP contribution in [0.1, 0.15) is 5.69 Å². The lowest BCUT2D eigenvalue weighted by Crippen LogP contribution is -2.21. The second-order valence-corrected chi connectivity index (χ2v) is 5.20. The van der Waals surface area contributed by atoms with E-state index in [0.717, 1.165) is 10.8 Å². The monoisotopic (exact) mass is 329 g/mol. The van der Waals surface area contributed by atoms with Crippen molar-refractivity contribution >= 4 is 38.1 Å². The summed E-state index contributed by atoms with van der Waals surface area (Å²) in [5.41, 5.74) is 1.41. The van der Waals surface area contributed by atoms with Crippen LogP contribution in [0, 0.1) is 0 Å². The summed E-state index contributed by atoms with van der Waals surface area (Å²) < 4.78 is 1.75. The van der Waals surface area contributed by atoms with E-state index in [1.165, 1.54) is 16.0 Å². The molecule has 18 heavy (non-hydrogen) atoms. The molecular weight excluding hydrogens is 318 g/mol. The standard InChI is InChI=1S/C10H12BrN5OS/c1-12-10-15-6(5-18-10)3-13-7-4-14-16(2)9(17)8(7)11/h4-5,13H,3H2,1-2H3,(H,12,15). The van der Waals surface area contributed by atoms with Crippen molar-refractivity contribution in [2.24, 2.45) is 7.05 Å². The Morgan fingerprint density at radius 1 is 1.56 bits per heavy atom. The Balaban J connectivity index is 2.11. The number of aromatic nitrogens is 3. The molecule has 0 unspecified atom stereocenters. The average Bonchev–Trinajstić information content (AvgIpc) is 2.83. The van der Waals surface area contributed by atoms with Gasteiger partial charge < -0.3 is 10.6 Å². The predicted octanol–water partition coefficient (Wildman–Crippen LogP) is 1.65. The molecule has 0 saturated carbocycles. The first kappa shape index (κ1) is 13.0. The number of nitrogens with zero attached hydrogens (tertiary/aromatic N) is 3. The summed E-state index contributed by atoms with van der Waals surface area (Å²) in [6.07, 6.45) is 1.61. The van der Waals surface area contributed by atoms with Crippen molar-refractivity contribution < 1.29 is 0 Å². The fourth-order valence-electron chi connectivity index (χ4n) is 1.32. The summed E-state index contributed by atoms with van der Waals surface area (Å²) in [5, 5.41) is 12.9. The van der Waals surface area contributed by atoms with E-state index in [1.54, 1.807) is 13.2 Å². The molecule has 96 valence electrons. The number of rotatable bonds is 4. The topological polar surface area (TPSA) is 71.8 Å². The van der Waals surface area contributed by atoms with E-state index in [4.69, 9.17) is 0 Å². The SMILES string of the molecule is CNc1nc(CNc2cnn(C)c(=O)c2Br)cs1. The van der Waals surface area contributed by atoms with Gasteiger partial charge in [0.2, 0.25) is 0 Å². The lowest BCUT2D eigenvalue weighted by atomic mass is 10.4. The van der Waals surface area contributed by atoms with E-state index in [9.17, 15) is 4.79 Å². The van der Waals surface area contributed by atoms with Crippen LogP contribution in [0.4, 0.5) is 10.8 Å². The normalized spacial score (nSPS) is 10.4. The molecular formula is C10H12BrN5OS. The van der Waals surface area contributed by atoms with E-state index in [-0.39, 0.29) is 5.56 Å². The maximum atomic E-state index is 11.6. The Kier molecular flexibility index (Phi) is 3.97. The summed E-state index contributed by atoms with van der Waals surface area (Å²) in [4.78, 5) is 16.0. The molecule has 2 heterocycles. The van der Waals surface area contributed by atoms with Gasteiger partial charge in [-0.25, -0.2) is 9.67 Å². The largest absolute Gasteiger partial charge is 0.377 e. The maximum absolute atomic E-state index is 11.6. The number of thiazole rings is 1. The Morgan fingerprint density at radius 2 is 2.33 bits per heavy atom. The van der Waals surface area contributed by atoms with Crippen LogP contribution in [0.25, 0.3) is 0 Å². The van der Waals surface area contributed by atoms with Crippen LogP contribution in [-0.2, 0) is 13.6 Å². The third-order valence-electron chi connectivity index (χ3n) is 2.30. The van der Waals surface area contributed by atoms with Crippen LogP contribution in [-0.4, -0.2) is 21.8 Å². The van der Waals surface area contributed by atoms with Gasteiger partial charge in [-0.3, -0.25) is 4.79 Å². The molecule has 0 aliphatic rings. The molecule has 0 radical (unpaired) electrons. The zero-order chi connectivity index (χ0) is 13.1. The zero-order valence-electron chi connectivity index (χ0n) is 9.90. The maximum Gasteiger partial charge on any atom is 0.282 e. The quantitative estimate of drug-likeness (QED) is 0.892. The lowest BCUT2D eigenvalue weighted by molar-refractivity contribution is 0.703. The van der Waals surface area contributed by atoms with Gasteiger partial charge in [-0.15, -0.1) is 11.3 Å². The second kappa shape index (κ2) is 5.49. The van der Waals surface area contributed by atoms with Crippen LogP contribution < -0.4 is 16.2 Å². The van der Waals surface area contributed by atoms with E-state index in [2.05, 4.69) is 36.6 Å². The van der Waals surface area contributed by atoms with Gasteiger partial charge in [0.1, 0.15) is 4.47 Å². The van der Waals surface area contributed by atoms with Gasteiger partial charge in [0.25, 0.3) is 5.56 Å². The van der Waals surface area contributed by atoms with Crippen LogP contribution in [0.2, 0.25) is 0 Å². The van der Waals surface area contributed by atoms with Crippen molar-refractivity contribution in [1.29, 1.82) is 0 Å². The highest BCUT2D eigenvalue weighted by atomic mass is 79.9. The molecule has 0 saturated heterocycles. The number of hydrogen-bond donors (Lipinski definition) is 2. The van der Waals surface area contributed by atoms with E-state index < -0.39 is 0 Å². The van der Waals surface area contributed by atoms with Gasteiger partial charge in [-0.1, -0.05) is 0 Å². The van der Waals surface area contributed by atoms with Crippen molar-refractivity contribution in [3.63, 3.8) is 0 Å². The minimum Gasteiger partial charge on any atom is -0.377 e. The van der Waals surface area contributed by atoms with Crippen molar-refractivity contribution in [2.45, 2.75) is 6.54 Å². The minimum absolute atomic E-state index is 0.172. The average molecular weight is 330 g/mol. The van der Waals surface area contributed by atoms with Gasteiger partial charge in [-0.2, -0.15) is 5.10 Å². The Bertz CT molecular complexity index is 609. The Labute approximate surface area is 116 Å². The molecule has 0 aliphatic carbocycles. The van der Waals surface area contributed by atoms with Crippen molar-refractivity contribution in [1.82, 2.24) is 14.8 Å². The molecule has 0 bridgehead atoms. The van der Waals surface area contributed by atoms with Crippen molar-refractivity contribution in [3.8, 4) is 0 Å². The van der Waals surface area contributed by atoms with Crippen LogP contribution in [0.15, 0.2) is 20.8 Å². The van der Waals surface area contributed by atoms with Gasteiger partial charge in [0.05, 0.1) is 24.1 Å². The number of anilines is 2. The molecule has 0 atom stereocenters.